The normalized spacial score (nSPS) is 12.8. The molecule has 0 N–H and O–H groups in total. The van der Waals surface area contributed by atoms with E-state index in [9.17, 15) is 0 Å². The standard InChI is InChI=1S/C29H28N6S2.Pt/c1-27(2,23-30-17-11-7-8-12-18(17)31-23)21-15-36-25(34-21)29(5,6)26-35-22(16-37-26)28(3,4)24-32-19-13-9-10-14-20(19)33-24;/h7-16H,1-6H3;/q-2;+2. The summed E-state index contributed by atoms with van der Waals surface area (Å²) in [6.07, 6.45) is 0. The van der Waals surface area contributed by atoms with Gasteiger partial charge in [0, 0.05) is 21.6 Å². The number of para-hydroxylation sites is 4. The van der Waals surface area contributed by atoms with Gasteiger partial charge in [0.15, 0.2) is 0 Å². The fraction of sp³-hybridized carbons (Fsp3) is 0.310. The van der Waals surface area contributed by atoms with Gasteiger partial charge in [-0.05, 0) is 35.9 Å². The first-order valence-electron chi connectivity index (χ1n) is 12.3. The average molecular weight is 720 g/mol. The van der Waals surface area contributed by atoms with Crippen molar-refractivity contribution < 1.29 is 21.1 Å². The fourth-order valence-electron chi connectivity index (χ4n) is 4.39. The van der Waals surface area contributed by atoms with E-state index in [1.807, 2.05) is 48.5 Å². The van der Waals surface area contributed by atoms with E-state index in [0.29, 0.717) is 0 Å². The number of hydrogen-bond acceptors (Lipinski definition) is 6. The first-order valence-corrected chi connectivity index (χ1v) is 14.1. The smallest absolute Gasteiger partial charge is 0.439 e. The maximum Gasteiger partial charge on any atom is 2.00 e. The molecule has 0 spiro atoms. The van der Waals surface area contributed by atoms with Crippen molar-refractivity contribution in [1.29, 1.82) is 0 Å². The van der Waals surface area contributed by atoms with Crippen molar-refractivity contribution in [3.8, 4) is 0 Å². The summed E-state index contributed by atoms with van der Waals surface area (Å²) in [6.45, 7) is 12.9. The molecule has 0 saturated carbocycles. The second kappa shape index (κ2) is 9.51. The van der Waals surface area contributed by atoms with Crippen molar-refractivity contribution in [2.45, 2.75) is 57.8 Å². The van der Waals surface area contributed by atoms with E-state index in [4.69, 9.17) is 29.9 Å². The van der Waals surface area contributed by atoms with Crippen molar-refractivity contribution in [2.75, 3.05) is 0 Å². The largest absolute Gasteiger partial charge is 2.00 e. The van der Waals surface area contributed by atoms with Gasteiger partial charge in [0.2, 0.25) is 0 Å². The summed E-state index contributed by atoms with van der Waals surface area (Å²) in [4.78, 5) is 29.4. The molecule has 6 rings (SSSR count). The maximum atomic E-state index is 5.12. The van der Waals surface area contributed by atoms with Crippen LogP contribution in [-0.4, -0.2) is 19.9 Å². The van der Waals surface area contributed by atoms with Crippen LogP contribution in [0.5, 0.6) is 0 Å². The molecule has 2 aromatic carbocycles. The molecule has 9 heteroatoms. The van der Waals surface area contributed by atoms with Gasteiger partial charge in [0.25, 0.3) is 0 Å². The van der Waals surface area contributed by atoms with Crippen LogP contribution in [0.3, 0.4) is 0 Å². The van der Waals surface area contributed by atoms with Gasteiger partial charge in [-0.2, -0.15) is 0 Å². The Hall–Kier alpha value is -2.67. The van der Waals surface area contributed by atoms with Crippen LogP contribution >= 0.6 is 22.7 Å². The van der Waals surface area contributed by atoms with Crippen LogP contribution in [0.4, 0.5) is 0 Å². The first kappa shape index (κ1) is 26.9. The molecule has 6 aromatic rings. The van der Waals surface area contributed by atoms with Crippen LogP contribution in [0.15, 0.2) is 59.3 Å². The predicted octanol–water partition coefficient (Wildman–Crippen LogP) is 6.59. The first-order chi connectivity index (χ1) is 17.6. The van der Waals surface area contributed by atoms with Gasteiger partial charge in [0.05, 0.1) is 16.8 Å². The van der Waals surface area contributed by atoms with Crippen LogP contribution in [0, 0.1) is 0 Å². The summed E-state index contributed by atoms with van der Waals surface area (Å²) in [5, 5.41) is 6.33. The Morgan fingerprint density at radius 2 is 0.947 bits per heavy atom. The molecule has 0 bridgehead atoms. The molecule has 6 nitrogen and oxygen atoms in total. The van der Waals surface area contributed by atoms with Crippen LogP contribution in [0.1, 0.15) is 74.6 Å². The summed E-state index contributed by atoms with van der Waals surface area (Å²) >= 11 is 3.34. The monoisotopic (exact) mass is 719 g/mol. The SMILES string of the molecule is CC(C)(c1csc(C(C)(C)c2nc(C(C)(C)c3nc4ccccc4[n-]3)cs2)n1)c1nc2ccccc2[n-]1.[Pt+2]. The Morgan fingerprint density at radius 1 is 0.553 bits per heavy atom. The molecular formula is C29H28N6PtS2. The zero-order chi connectivity index (χ0) is 26.0. The molecule has 0 unspecified atom stereocenters. The Morgan fingerprint density at radius 3 is 1.34 bits per heavy atom. The molecule has 4 aromatic heterocycles. The van der Waals surface area contributed by atoms with E-state index in [2.05, 4.69) is 52.3 Å². The predicted molar refractivity (Wildman–Crippen MR) is 151 cm³/mol. The minimum atomic E-state index is -0.406. The number of hydrogen-bond donors (Lipinski definition) is 0. The summed E-state index contributed by atoms with van der Waals surface area (Å²) in [7, 11) is 0. The number of aromatic nitrogens is 6. The molecule has 0 fully saturated rings. The number of rotatable bonds is 6. The van der Waals surface area contributed by atoms with Gasteiger partial charge in [0.1, 0.15) is 10.0 Å². The van der Waals surface area contributed by atoms with Crippen molar-refractivity contribution >= 4 is 44.7 Å². The van der Waals surface area contributed by atoms with Gasteiger partial charge < -0.3 is 19.9 Å². The molecule has 0 aliphatic rings. The van der Waals surface area contributed by atoms with Crippen molar-refractivity contribution in [3.05, 3.63) is 92.3 Å². The van der Waals surface area contributed by atoms with E-state index in [1.165, 1.54) is 0 Å². The second-order valence-electron chi connectivity index (χ2n) is 11.0. The second-order valence-corrected chi connectivity index (χ2v) is 12.7. The van der Waals surface area contributed by atoms with Gasteiger partial charge in [-0.1, -0.05) is 87.9 Å². The summed E-state index contributed by atoms with van der Waals surface area (Å²) in [5.74, 6) is 1.59. The Kier molecular flexibility index (Phi) is 6.73. The van der Waals surface area contributed by atoms with E-state index in [1.54, 1.807) is 22.7 Å². The number of fused-ring (bicyclic) bond motifs is 2. The van der Waals surface area contributed by atoms with Gasteiger partial charge in [-0.15, -0.1) is 22.7 Å². The minimum absolute atomic E-state index is 0. The third kappa shape index (κ3) is 4.37. The molecule has 0 radical (unpaired) electrons. The van der Waals surface area contributed by atoms with Crippen LogP contribution < -0.4 is 9.97 Å². The van der Waals surface area contributed by atoms with E-state index in [-0.39, 0.29) is 26.5 Å². The molecule has 0 amide bonds. The molecular weight excluding hydrogens is 692 g/mol. The van der Waals surface area contributed by atoms with Crippen molar-refractivity contribution in [2.24, 2.45) is 0 Å². The average Bonchev–Trinajstić information content (AvgIpc) is 3.68. The molecule has 196 valence electrons. The van der Waals surface area contributed by atoms with E-state index in [0.717, 1.165) is 55.1 Å². The fourth-order valence-corrected chi connectivity index (χ4v) is 6.68. The molecule has 0 atom stereocenters. The Bertz CT molecular complexity index is 1540. The summed E-state index contributed by atoms with van der Waals surface area (Å²) in [5.41, 5.74) is 4.47. The molecule has 38 heavy (non-hydrogen) atoms. The quantitative estimate of drug-likeness (QED) is 0.194. The molecule has 4 heterocycles. The third-order valence-corrected chi connectivity index (χ3v) is 9.48. The van der Waals surface area contributed by atoms with Gasteiger partial charge in [-0.25, -0.2) is 9.97 Å². The number of nitrogens with zero attached hydrogens (tertiary/aromatic N) is 6. The van der Waals surface area contributed by atoms with Crippen LogP contribution in [0.2, 0.25) is 0 Å². The summed E-state index contributed by atoms with van der Waals surface area (Å²) < 4.78 is 0. The molecule has 0 saturated heterocycles. The molecule has 0 aliphatic heterocycles. The van der Waals surface area contributed by atoms with E-state index >= 15 is 0 Å². The Balaban J connectivity index is 0.00000294. The van der Waals surface area contributed by atoms with Gasteiger partial charge >= 0.3 is 21.1 Å². The third-order valence-electron chi connectivity index (χ3n) is 7.15. The summed E-state index contributed by atoms with van der Waals surface area (Å²) in [6, 6.07) is 16.0. The Labute approximate surface area is 244 Å². The maximum absolute atomic E-state index is 5.12. The minimum Gasteiger partial charge on any atom is -0.439 e. The zero-order valence-corrected chi connectivity index (χ0v) is 26.0. The number of thiazole rings is 2. The zero-order valence-electron chi connectivity index (χ0n) is 22.1. The van der Waals surface area contributed by atoms with Crippen molar-refractivity contribution in [3.63, 3.8) is 0 Å². The number of imidazole rings is 2. The van der Waals surface area contributed by atoms with Crippen LogP contribution in [0.25, 0.3) is 22.1 Å². The van der Waals surface area contributed by atoms with Gasteiger partial charge in [-0.3, -0.25) is 0 Å². The van der Waals surface area contributed by atoms with E-state index < -0.39 is 10.8 Å². The topological polar surface area (TPSA) is 79.8 Å². The van der Waals surface area contributed by atoms with Crippen LogP contribution in [-0.2, 0) is 37.3 Å². The van der Waals surface area contributed by atoms with Crippen molar-refractivity contribution in [1.82, 2.24) is 29.9 Å². The number of benzene rings is 2. The molecule has 0 aliphatic carbocycles.